The van der Waals surface area contributed by atoms with Crippen molar-refractivity contribution >= 4 is 11.7 Å². The van der Waals surface area contributed by atoms with Crippen LogP contribution in [0.5, 0.6) is 0 Å². The molecule has 1 heterocycles. The van der Waals surface area contributed by atoms with Gasteiger partial charge in [-0.25, -0.2) is 0 Å². The maximum absolute atomic E-state index is 12.3. The molecular formula is C16H20N4O2. The SMILES string of the molecule is COCCNc1ccc(C(=O)N(C)Cc2ccccc2)nn1. The van der Waals surface area contributed by atoms with Gasteiger partial charge in [0.05, 0.1) is 6.61 Å². The van der Waals surface area contributed by atoms with Crippen LogP contribution in [0.1, 0.15) is 16.1 Å². The average molecular weight is 300 g/mol. The van der Waals surface area contributed by atoms with Crippen molar-refractivity contribution in [2.75, 3.05) is 32.6 Å². The first-order chi connectivity index (χ1) is 10.7. The van der Waals surface area contributed by atoms with Gasteiger partial charge in [0.15, 0.2) is 5.69 Å². The lowest BCUT2D eigenvalue weighted by Crippen LogP contribution is -2.27. The molecule has 6 heteroatoms. The largest absolute Gasteiger partial charge is 0.383 e. The highest BCUT2D eigenvalue weighted by molar-refractivity contribution is 5.92. The van der Waals surface area contributed by atoms with E-state index in [9.17, 15) is 4.79 Å². The highest BCUT2D eigenvalue weighted by Crippen LogP contribution is 2.08. The number of benzene rings is 1. The summed E-state index contributed by atoms with van der Waals surface area (Å²) in [6.45, 7) is 1.77. The predicted octanol–water partition coefficient (Wildman–Crippen LogP) is 1.81. The predicted molar refractivity (Wildman–Crippen MR) is 84.6 cm³/mol. The fourth-order valence-corrected chi connectivity index (χ4v) is 1.95. The lowest BCUT2D eigenvalue weighted by molar-refractivity contribution is 0.0778. The van der Waals surface area contributed by atoms with Gasteiger partial charge in [-0.15, -0.1) is 10.2 Å². The van der Waals surface area contributed by atoms with Crippen LogP contribution in [-0.4, -0.2) is 48.3 Å². The van der Waals surface area contributed by atoms with Gasteiger partial charge in [-0.3, -0.25) is 4.79 Å². The molecule has 0 atom stereocenters. The van der Waals surface area contributed by atoms with Gasteiger partial charge in [-0.2, -0.15) is 0 Å². The zero-order chi connectivity index (χ0) is 15.8. The number of carbonyl (C=O) groups is 1. The van der Waals surface area contributed by atoms with E-state index in [2.05, 4.69) is 15.5 Å². The molecule has 1 aromatic carbocycles. The molecule has 1 aromatic heterocycles. The highest BCUT2D eigenvalue weighted by atomic mass is 16.5. The summed E-state index contributed by atoms with van der Waals surface area (Å²) in [4.78, 5) is 13.9. The molecule has 0 bridgehead atoms. The van der Waals surface area contributed by atoms with Gasteiger partial charge in [0.1, 0.15) is 5.82 Å². The summed E-state index contributed by atoms with van der Waals surface area (Å²) in [6.07, 6.45) is 0. The number of hydrogen-bond acceptors (Lipinski definition) is 5. The van der Waals surface area contributed by atoms with Crippen molar-refractivity contribution in [1.82, 2.24) is 15.1 Å². The van der Waals surface area contributed by atoms with E-state index >= 15 is 0 Å². The molecule has 0 aliphatic carbocycles. The Bertz CT molecular complexity index is 587. The monoisotopic (exact) mass is 300 g/mol. The molecule has 0 unspecified atom stereocenters. The van der Waals surface area contributed by atoms with Gasteiger partial charge < -0.3 is 15.0 Å². The summed E-state index contributed by atoms with van der Waals surface area (Å²) in [6, 6.07) is 13.2. The lowest BCUT2D eigenvalue weighted by atomic mass is 10.2. The minimum Gasteiger partial charge on any atom is -0.383 e. The Labute approximate surface area is 130 Å². The number of nitrogens with zero attached hydrogens (tertiary/aromatic N) is 3. The van der Waals surface area contributed by atoms with Gasteiger partial charge >= 0.3 is 0 Å². The minimum absolute atomic E-state index is 0.153. The fraction of sp³-hybridized carbons (Fsp3) is 0.312. The van der Waals surface area contributed by atoms with Crippen molar-refractivity contribution in [3.05, 3.63) is 53.7 Å². The molecule has 0 saturated heterocycles. The lowest BCUT2D eigenvalue weighted by Gasteiger charge is -2.16. The molecule has 0 aliphatic rings. The smallest absolute Gasteiger partial charge is 0.274 e. The van der Waals surface area contributed by atoms with Gasteiger partial charge in [0.25, 0.3) is 5.91 Å². The highest BCUT2D eigenvalue weighted by Gasteiger charge is 2.14. The Hall–Kier alpha value is -2.47. The van der Waals surface area contributed by atoms with E-state index in [1.165, 1.54) is 0 Å². The van der Waals surface area contributed by atoms with E-state index in [1.54, 1.807) is 31.2 Å². The standard InChI is InChI=1S/C16H20N4O2/c1-20(12-13-6-4-3-5-7-13)16(21)14-8-9-15(19-18-14)17-10-11-22-2/h3-9H,10-12H2,1-2H3,(H,17,19). The molecule has 0 fully saturated rings. The summed E-state index contributed by atoms with van der Waals surface area (Å²) < 4.78 is 4.94. The number of aromatic nitrogens is 2. The third-order valence-corrected chi connectivity index (χ3v) is 3.11. The number of ether oxygens (including phenoxy) is 1. The molecular weight excluding hydrogens is 280 g/mol. The van der Waals surface area contributed by atoms with Crippen molar-refractivity contribution in [2.24, 2.45) is 0 Å². The van der Waals surface area contributed by atoms with Crippen LogP contribution in [0.2, 0.25) is 0 Å². The first kappa shape index (κ1) is 15.9. The maximum Gasteiger partial charge on any atom is 0.274 e. The van der Waals surface area contributed by atoms with Crippen LogP contribution >= 0.6 is 0 Å². The molecule has 1 amide bonds. The fourth-order valence-electron chi connectivity index (χ4n) is 1.95. The van der Waals surface area contributed by atoms with E-state index < -0.39 is 0 Å². The van der Waals surface area contributed by atoms with Crippen molar-refractivity contribution < 1.29 is 9.53 Å². The van der Waals surface area contributed by atoms with Crippen molar-refractivity contribution in [3.63, 3.8) is 0 Å². The summed E-state index contributed by atoms with van der Waals surface area (Å²) in [7, 11) is 3.39. The summed E-state index contributed by atoms with van der Waals surface area (Å²) in [5.74, 6) is 0.471. The van der Waals surface area contributed by atoms with Crippen LogP contribution in [0.3, 0.4) is 0 Å². The Morgan fingerprint density at radius 2 is 1.95 bits per heavy atom. The second-order valence-corrected chi connectivity index (χ2v) is 4.87. The average Bonchev–Trinajstić information content (AvgIpc) is 2.56. The zero-order valence-corrected chi connectivity index (χ0v) is 12.8. The summed E-state index contributed by atoms with van der Waals surface area (Å²) in [5, 5.41) is 11.0. The van der Waals surface area contributed by atoms with E-state index in [1.807, 2.05) is 30.3 Å². The summed E-state index contributed by atoms with van der Waals surface area (Å²) in [5.41, 5.74) is 1.40. The first-order valence-electron chi connectivity index (χ1n) is 7.06. The zero-order valence-electron chi connectivity index (χ0n) is 12.8. The summed E-state index contributed by atoms with van der Waals surface area (Å²) >= 11 is 0. The Morgan fingerprint density at radius 1 is 1.18 bits per heavy atom. The molecule has 0 saturated carbocycles. The molecule has 0 radical (unpaired) electrons. The number of carbonyl (C=O) groups excluding carboxylic acids is 1. The van der Waals surface area contributed by atoms with Gasteiger partial charge in [-0.1, -0.05) is 30.3 Å². The van der Waals surface area contributed by atoms with Gasteiger partial charge in [0, 0.05) is 27.2 Å². The van der Waals surface area contributed by atoms with Crippen LogP contribution in [0.25, 0.3) is 0 Å². The molecule has 2 rings (SSSR count). The first-order valence-corrected chi connectivity index (χ1v) is 7.06. The van der Waals surface area contributed by atoms with E-state index in [0.717, 1.165) is 5.56 Å². The molecule has 0 aliphatic heterocycles. The second-order valence-electron chi connectivity index (χ2n) is 4.87. The maximum atomic E-state index is 12.3. The number of anilines is 1. The van der Waals surface area contributed by atoms with Gasteiger partial charge in [-0.05, 0) is 17.7 Å². The number of methoxy groups -OCH3 is 1. The minimum atomic E-state index is -0.153. The Kier molecular flexibility index (Phi) is 5.85. The number of amides is 1. The molecule has 22 heavy (non-hydrogen) atoms. The van der Waals surface area contributed by atoms with Crippen LogP contribution < -0.4 is 5.32 Å². The Morgan fingerprint density at radius 3 is 2.59 bits per heavy atom. The number of nitrogens with one attached hydrogen (secondary N) is 1. The molecule has 2 aromatic rings. The van der Waals surface area contributed by atoms with E-state index in [-0.39, 0.29) is 5.91 Å². The topological polar surface area (TPSA) is 67.3 Å². The van der Waals surface area contributed by atoms with Crippen molar-refractivity contribution in [2.45, 2.75) is 6.54 Å². The van der Waals surface area contributed by atoms with Crippen molar-refractivity contribution in [1.29, 1.82) is 0 Å². The van der Waals surface area contributed by atoms with Crippen LogP contribution in [0, 0.1) is 0 Å². The normalized spacial score (nSPS) is 10.3. The second kappa shape index (κ2) is 8.09. The van der Waals surface area contributed by atoms with Gasteiger partial charge in [0.2, 0.25) is 0 Å². The quantitative estimate of drug-likeness (QED) is 0.790. The van der Waals surface area contributed by atoms with Crippen LogP contribution in [0.15, 0.2) is 42.5 Å². The van der Waals surface area contributed by atoms with Crippen LogP contribution in [0.4, 0.5) is 5.82 Å². The third-order valence-electron chi connectivity index (χ3n) is 3.11. The molecule has 1 N–H and O–H groups in total. The van der Waals surface area contributed by atoms with E-state index in [4.69, 9.17) is 4.74 Å². The van der Waals surface area contributed by atoms with E-state index in [0.29, 0.717) is 31.2 Å². The molecule has 6 nitrogen and oxygen atoms in total. The number of rotatable bonds is 7. The third kappa shape index (κ3) is 4.53. The molecule has 116 valence electrons. The number of hydrogen-bond donors (Lipinski definition) is 1. The Balaban J connectivity index is 1.94. The van der Waals surface area contributed by atoms with Crippen LogP contribution in [-0.2, 0) is 11.3 Å². The van der Waals surface area contributed by atoms with Crippen molar-refractivity contribution in [3.8, 4) is 0 Å². The molecule has 0 spiro atoms.